The van der Waals surface area contributed by atoms with Crippen molar-refractivity contribution in [3.05, 3.63) is 41.7 Å². The summed E-state index contributed by atoms with van der Waals surface area (Å²) in [7, 11) is 0. The molecular weight excluding hydrogens is 286 g/mol. The molecule has 0 unspecified atom stereocenters. The van der Waals surface area contributed by atoms with Gasteiger partial charge in [0.15, 0.2) is 0 Å². The first-order valence-corrected chi connectivity index (χ1v) is 8.47. The van der Waals surface area contributed by atoms with E-state index in [2.05, 4.69) is 37.9 Å². The van der Waals surface area contributed by atoms with Gasteiger partial charge in [-0.25, -0.2) is 0 Å². The average Bonchev–Trinajstić information content (AvgIpc) is 2.53. The zero-order valence-electron chi connectivity index (χ0n) is 14.2. The molecule has 1 aromatic heterocycles. The molecule has 1 N–H and O–H groups in total. The van der Waals surface area contributed by atoms with Crippen molar-refractivity contribution < 1.29 is 9.90 Å². The van der Waals surface area contributed by atoms with Crippen LogP contribution in [0.1, 0.15) is 64.0 Å². The van der Waals surface area contributed by atoms with E-state index in [1.807, 2.05) is 18.5 Å². The molecule has 3 nitrogen and oxygen atoms in total. The van der Waals surface area contributed by atoms with Crippen LogP contribution < -0.4 is 0 Å². The van der Waals surface area contributed by atoms with E-state index in [1.165, 1.54) is 10.9 Å². The Hall–Kier alpha value is -1.90. The molecule has 23 heavy (non-hydrogen) atoms. The van der Waals surface area contributed by atoms with Crippen molar-refractivity contribution in [2.45, 2.75) is 63.7 Å². The van der Waals surface area contributed by atoms with Crippen molar-refractivity contribution in [1.82, 2.24) is 4.98 Å². The Morgan fingerprint density at radius 3 is 2.43 bits per heavy atom. The summed E-state index contributed by atoms with van der Waals surface area (Å²) in [6, 6.07) is 6.17. The van der Waals surface area contributed by atoms with Crippen LogP contribution in [-0.4, -0.2) is 16.1 Å². The molecule has 1 fully saturated rings. The molecule has 0 saturated heterocycles. The lowest BCUT2D eigenvalue weighted by molar-refractivity contribution is -0.145. The predicted octanol–water partition coefficient (Wildman–Crippen LogP) is 4.82. The first-order chi connectivity index (χ1) is 10.8. The summed E-state index contributed by atoms with van der Waals surface area (Å²) >= 11 is 0. The van der Waals surface area contributed by atoms with Gasteiger partial charge in [-0.15, -0.1) is 0 Å². The second-order valence-corrected chi connectivity index (χ2v) is 7.82. The number of hydrogen-bond acceptors (Lipinski definition) is 2. The van der Waals surface area contributed by atoms with Crippen LogP contribution in [0.15, 0.2) is 30.6 Å². The number of carbonyl (C=O) groups is 1. The van der Waals surface area contributed by atoms with Gasteiger partial charge in [-0.3, -0.25) is 9.78 Å². The molecule has 1 heterocycles. The van der Waals surface area contributed by atoms with Crippen molar-refractivity contribution in [3.8, 4) is 0 Å². The fourth-order valence-electron chi connectivity index (χ4n) is 3.85. The van der Waals surface area contributed by atoms with Gasteiger partial charge in [0.2, 0.25) is 0 Å². The lowest BCUT2D eigenvalue weighted by Gasteiger charge is -2.34. The zero-order valence-corrected chi connectivity index (χ0v) is 14.2. The highest BCUT2D eigenvalue weighted by Gasteiger charge is 2.41. The fraction of sp³-hybridized carbons (Fsp3) is 0.500. The van der Waals surface area contributed by atoms with Crippen LogP contribution in [0.5, 0.6) is 0 Å². The van der Waals surface area contributed by atoms with E-state index in [9.17, 15) is 9.90 Å². The van der Waals surface area contributed by atoms with Crippen molar-refractivity contribution in [2.24, 2.45) is 0 Å². The second-order valence-electron chi connectivity index (χ2n) is 7.82. The van der Waals surface area contributed by atoms with E-state index in [0.29, 0.717) is 0 Å². The Labute approximate surface area is 137 Å². The zero-order chi connectivity index (χ0) is 16.7. The van der Waals surface area contributed by atoms with Gasteiger partial charge in [-0.05, 0) is 40.8 Å². The third-order valence-electron chi connectivity index (χ3n) is 5.24. The molecule has 2 aromatic rings. The highest BCUT2D eigenvalue weighted by atomic mass is 16.4. The number of carboxylic acids is 1. The molecule has 0 aliphatic heterocycles. The summed E-state index contributed by atoms with van der Waals surface area (Å²) in [5.41, 5.74) is 1.44. The third kappa shape index (κ3) is 2.73. The lowest BCUT2D eigenvalue weighted by atomic mass is 9.69. The number of pyridine rings is 1. The number of aromatic nitrogens is 1. The Balaban J connectivity index is 2.15. The molecule has 0 spiro atoms. The number of benzene rings is 1. The minimum Gasteiger partial charge on any atom is -0.481 e. The molecule has 1 aromatic carbocycles. The quantitative estimate of drug-likeness (QED) is 0.865. The topological polar surface area (TPSA) is 50.2 Å². The summed E-state index contributed by atoms with van der Waals surface area (Å²) in [6.45, 7) is 6.53. The smallest absolute Gasteiger partial charge is 0.314 e. The minimum absolute atomic E-state index is 0.0172. The van der Waals surface area contributed by atoms with Gasteiger partial charge in [-0.1, -0.05) is 52.2 Å². The SMILES string of the molecule is CC(C)(C)c1cncc2cc(C3(C(=O)O)CCCCC3)ccc12. The van der Waals surface area contributed by atoms with E-state index >= 15 is 0 Å². The lowest BCUT2D eigenvalue weighted by Crippen LogP contribution is -2.37. The predicted molar refractivity (Wildman–Crippen MR) is 92.8 cm³/mol. The van der Waals surface area contributed by atoms with Gasteiger partial charge in [0.1, 0.15) is 0 Å². The maximum atomic E-state index is 12.0. The Morgan fingerprint density at radius 1 is 1.13 bits per heavy atom. The van der Waals surface area contributed by atoms with E-state index in [1.54, 1.807) is 0 Å². The first kappa shape index (κ1) is 16.0. The molecule has 122 valence electrons. The van der Waals surface area contributed by atoms with Crippen molar-refractivity contribution in [3.63, 3.8) is 0 Å². The minimum atomic E-state index is -0.718. The van der Waals surface area contributed by atoms with Gasteiger partial charge in [-0.2, -0.15) is 0 Å². The van der Waals surface area contributed by atoms with Crippen LogP contribution in [0.4, 0.5) is 0 Å². The molecule has 0 bridgehead atoms. The Kier molecular flexibility index (Phi) is 3.91. The number of nitrogens with zero attached hydrogens (tertiary/aromatic N) is 1. The fourth-order valence-corrected chi connectivity index (χ4v) is 3.85. The monoisotopic (exact) mass is 311 g/mol. The van der Waals surface area contributed by atoms with Gasteiger partial charge < -0.3 is 5.11 Å². The van der Waals surface area contributed by atoms with E-state index in [4.69, 9.17) is 0 Å². The maximum absolute atomic E-state index is 12.0. The molecule has 1 aliphatic carbocycles. The van der Waals surface area contributed by atoms with Crippen LogP contribution >= 0.6 is 0 Å². The van der Waals surface area contributed by atoms with Gasteiger partial charge >= 0.3 is 5.97 Å². The first-order valence-electron chi connectivity index (χ1n) is 8.47. The molecule has 1 aliphatic rings. The number of carboxylic acid groups (broad SMARTS) is 1. The molecule has 0 amide bonds. The molecule has 0 radical (unpaired) electrons. The molecule has 1 saturated carbocycles. The van der Waals surface area contributed by atoms with Crippen LogP contribution in [0.3, 0.4) is 0 Å². The number of fused-ring (bicyclic) bond motifs is 1. The number of aliphatic carboxylic acids is 1. The van der Waals surface area contributed by atoms with Crippen LogP contribution in [0.25, 0.3) is 10.8 Å². The summed E-state index contributed by atoms with van der Waals surface area (Å²) in [6.07, 6.45) is 8.37. The maximum Gasteiger partial charge on any atom is 0.314 e. The third-order valence-corrected chi connectivity index (χ3v) is 5.24. The molecular formula is C20H25NO2. The van der Waals surface area contributed by atoms with Gasteiger partial charge in [0, 0.05) is 17.8 Å². The summed E-state index contributed by atoms with van der Waals surface area (Å²) < 4.78 is 0. The molecule has 3 rings (SSSR count). The molecule has 0 atom stereocenters. The normalized spacial score (nSPS) is 18.0. The van der Waals surface area contributed by atoms with Crippen molar-refractivity contribution >= 4 is 16.7 Å². The highest BCUT2D eigenvalue weighted by Crippen LogP contribution is 2.41. The Bertz CT molecular complexity index is 737. The number of rotatable bonds is 2. The van der Waals surface area contributed by atoms with Crippen LogP contribution in [0.2, 0.25) is 0 Å². The summed E-state index contributed by atoms with van der Waals surface area (Å²) in [5.74, 6) is -0.684. The number of hydrogen-bond donors (Lipinski definition) is 1. The van der Waals surface area contributed by atoms with E-state index < -0.39 is 11.4 Å². The van der Waals surface area contributed by atoms with Crippen LogP contribution in [0, 0.1) is 0 Å². The standard InChI is InChI=1S/C20H25NO2/c1-19(2,3)17-13-21-12-14-11-15(7-8-16(14)17)20(18(22)23)9-5-4-6-10-20/h7-8,11-13H,4-6,9-10H2,1-3H3,(H,22,23). The Morgan fingerprint density at radius 2 is 1.83 bits per heavy atom. The van der Waals surface area contributed by atoms with Crippen LogP contribution in [-0.2, 0) is 15.6 Å². The largest absolute Gasteiger partial charge is 0.481 e. The summed E-state index contributed by atoms with van der Waals surface area (Å²) in [5, 5.41) is 12.1. The van der Waals surface area contributed by atoms with E-state index in [-0.39, 0.29) is 5.41 Å². The highest BCUT2D eigenvalue weighted by molar-refractivity contribution is 5.89. The average molecular weight is 311 g/mol. The van der Waals surface area contributed by atoms with Crippen molar-refractivity contribution in [1.29, 1.82) is 0 Å². The van der Waals surface area contributed by atoms with Gasteiger partial charge in [0.25, 0.3) is 0 Å². The van der Waals surface area contributed by atoms with E-state index in [0.717, 1.165) is 43.1 Å². The summed E-state index contributed by atoms with van der Waals surface area (Å²) in [4.78, 5) is 16.4. The van der Waals surface area contributed by atoms with Crippen molar-refractivity contribution in [2.75, 3.05) is 0 Å². The van der Waals surface area contributed by atoms with Gasteiger partial charge in [0.05, 0.1) is 5.41 Å². The molecule has 3 heteroatoms. The second kappa shape index (κ2) is 5.63.